The van der Waals surface area contributed by atoms with Crippen molar-refractivity contribution in [2.24, 2.45) is 5.92 Å². The molecular weight excluding hydrogens is 302 g/mol. The topological polar surface area (TPSA) is 18.5 Å². The molecule has 1 saturated heterocycles. The van der Waals surface area contributed by atoms with Crippen molar-refractivity contribution in [3.05, 3.63) is 29.8 Å². The first-order valence-corrected chi connectivity index (χ1v) is 9.19. The number of hydrogen-bond donors (Lipinski definition) is 1. The average molecular weight is 334 g/mol. The first-order valence-electron chi connectivity index (χ1n) is 8.78. The molecule has 0 amide bonds. The van der Waals surface area contributed by atoms with Gasteiger partial charge in [0.1, 0.15) is 0 Å². The van der Waals surface area contributed by atoms with E-state index in [0.717, 1.165) is 29.8 Å². The number of nitrogens with zero attached hydrogens (tertiary/aromatic N) is 2. The number of hydrogen-bond acceptors (Lipinski definition) is 2. The molecule has 1 N–H and O–H groups in total. The molecule has 4 heteroatoms. The fraction of sp³-hybridized carbons (Fsp3) is 0.632. The van der Waals surface area contributed by atoms with E-state index in [9.17, 15) is 0 Å². The molecule has 1 aromatic rings. The highest BCUT2D eigenvalue weighted by Crippen LogP contribution is 2.18. The summed E-state index contributed by atoms with van der Waals surface area (Å²) in [5, 5.41) is 4.24. The van der Waals surface area contributed by atoms with Crippen LogP contribution in [0, 0.1) is 12.8 Å². The molecule has 1 aliphatic rings. The lowest BCUT2D eigenvalue weighted by molar-refractivity contribution is 0.159. The lowest BCUT2D eigenvalue weighted by Gasteiger charge is -2.38. The zero-order chi connectivity index (χ0) is 16.8. The van der Waals surface area contributed by atoms with Gasteiger partial charge < -0.3 is 15.1 Å². The Bertz CT molecular complexity index is 507. The normalized spacial score (nSPS) is 16.2. The van der Waals surface area contributed by atoms with Crippen molar-refractivity contribution in [3.8, 4) is 0 Å². The second kappa shape index (κ2) is 8.65. The molecule has 2 rings (SSSR count). The van der Waals surface area contributed by atoms with E-state index < -0.39 is 0 Å². The van der Waals surface area contributed by atoms with Crippen LogP contribution in [0.25, 0.3) is 0 Å². The summed E-state index contributed by atoms with van der Waals surface area (Å²) in [7, 11) is 2.27. The van der Waals surface area contributed by atoms with Crippen molar-refractivity contribution in [2.45, 2.75) is 46.1 Å². The van der Waals surface area contributed by atoms with E-state index in [0.29, 0.717) is 6.04 Å². The number of nitrogens with one attached hydrogen (secondary N) is 1. The Balaban J connectivity index is 1.78. The van der Waals surface area contributed by atoms with Gasteiger partial charge in [0, 0.05) is 24.8 Å². The Kier molecular flexibility index (Phi) is 6.85. The maximum Gasteiger partial charge on any atom is 0.173 e. The van der Waals surface area contributed by atoms with Gasteiger partial charge in [0.15, 0.2) is 5.11 Å². The number of rotatable bonds is 5. The first kappa shape index (κ1) is 18.2. The summed E-state index contributed by atoms with van der Waals surface area (Å²) in [6, 6.07) is 9.08. The highest BCUT2D eigenvalue weighted by Gasteiger charge is 2.23. The van der Waals surface area contributed by atoms with Gasteiger partial charge in [0.2, 0.25) is 0 Å². The van der Waals surface area contributed by atoms with Gasteiger partial charge in [-0.15, -0.1) is 0 Å². The summed E-state index contributed by atoms with van der Waals surface area (Å²) >= 11 is 5.59. The minimum absolute atomic E-state index is 0.701. The number of benzene rings is 1. The molecule has 0 saturated carbocycles. The van der Waals surface area contributed by atoms with Crippen molar-refractivity contribution in [3.63, 3.8) is 0 Å². The largest absolute Gasteiger partial charge is 0.349 e. The average Bonchev–Trinajstić information content (AvgIpc) is 2.52. The molecule has 0 aromatic heterocycles. The third kappa shape index (κ3) is 5.78. The minimum Gasteiger partial charge on any atom is -0.349 e. The van der Waals surface area contributed by atoms with E-state index in [1.807, 2.05) is 0 Å². The molecular formula is C19H31N3S. The molecule has 1 aromatic carbocycles. The van der Waals surface area contributed by atoms with Crippen LogP contribution >= 0.6 is 12.2 Å². The van der Waals surface area contributed by atoms with Crippen molar-refractivity contribution in [1.82, 2.24) is 9.80 Å². The zero-order valence-electron chi connectivity index (χ0n) is 15.0. The van der Waals surface area contributed by atoms with Gasteiger partial charge >= 0.3 is 0 Å². The molecule has 1 fully saturated rings. The summed E-state index contributed by atoms with van der Waals surface area (Å²) in [6.45, 7) is 10.0. The Morgan fingerprint density at radius 2 is 2.04 bits per heavy atom. The summed E-state index contributed by atoms with van der Waals surface area (Å²) in [5.41, 5.74) is 2.34. The van der Waals surface area contributed by atoms with Gasteiger partial charge in [-0.25, -0.2) is 0 Å². The Morgan fingerprint density at radius 3 is 2.65 bits per heavy atom. The molecule has 0 unspecified atom stereocenters. The molecule has 3 nitrogen and oxygen atoms in total. The van der Waals surface area contributed by atoms with Crippen molar-refractivity contribution in [1.29, 1.82) is 0 Å². The third-order valence-corrected chi connectivity index (χ3v) is 5.06. The molecule has 23 heavy (non-hydrogen) atoms. The van der Waals surface area contributed by atoms with E-state index in [1.54, 1.807) is 0 Å². The van der Waals surface area contributed by atoms with Crippen LogP contribution in [0.1, 0.15) is 38.7 Å². The Hall–Kier alpha value is -1.13. The maximum atomic E-state index is 5.59. The quantitative estimate of drug-likeness (QED) is 0.816. The summed E-state index contributed by atoms with van der Waals surface area (Å²) in [5.74, 6) is 0.781. The molecule has 0 radical (unpaired) electrons. The maximum absolute atomic E-state index is 5.59. The Morgan fingerprint density at radius 1 is 1.35 bits per heavy atom. The standard InChI is InChI=1S/C19H31N3S/c1-15(2)8-11-21(4)18-9-12-22(13-10-18)19(23)20-17-7-5-6-16(3)14-17/h5-7,14-15,18H,8-13H2,1-4H3,(H,20,23). The lowest BCUT2D eigenvalue weighted by atomic mass is 10.0. The fourth-order valence-electron chi connectivity index (χ4n) is 3.08. The predicted octanol–water partition coefficient (Wildman–Crippen LogP) is 4.13. The van der Waals surface area contributed by atoms with Crippen molar-refractivity contribution in [2.75, 3.05) is 32.0 Å². The third-order valence-electron chi connectivity index (χ3n) is 4.70. The SMILES string of the molecule is Cc1cccc(NC(=S)N2CCC(N(C)CCC(C)C)CC2)c1. The minimum atomic E-state index is 0.701. The highest BCUT2D eigenvalue weighted by atomic mass is 32.1. The number of thiocarbonyl (C=S) groups is 1. The van der Waals surface area contributed by atoms with Gasteiger partial charge in [0.25, 0.3) is 0 Å². The van der Waals surface area contributed by atoms with Crippen LogP contribution in [-0.4, -0.2) is 47.6 Å². The van der Waals surface area contributed by atoms with Gasteiger partial charge in [-0.05, 0) is 75.6 Å². The molecule has 0 bridgehead atoms. The molecule has 0 spiro atoms. The second-order valence-corrected chi connectivity index (χ2v) is 7.57. The smallest absolute Gasteiger partial charge is 0.173 e. The van der Waals surface area contributed by atoms with Crippen molar-refractivity contribution >= 4 is 23.0 Å². The molecule has 0 atom stereocenters. The van der Waals surface area contributed by atoms with Crippen LogP contribution < -0.4 is 5.32 Å². The first-order chi connectivity index (χ1) is 11.0. The van der Waals surface area contributed by atoms with E-state index in [2.05, 4.69) is 67.2 Å². The number of anilines is 1. The van der Waals surface area contributed by atoms with E-state index in [-0.39, 0.29) is 0 Å². The number of likely N-dealkylation sites (tertiary alicyclic amines) is 1. The molecule has 1 heterocycles. The van der Waals surface area contributed by atoms with Crippen molar-refractivity contribution < 1.29 is 0 Å². The van der Waals surface area contributed by atoms with Crippen LogP contribution in [-0.2, 0) is 0 Å². The summed E-state index contributed by atoms with van der Waals surface area (Å²) < 4.78 is 0. The second-order valence-electron chi connectivity index (χ2n) is 7.18. The number of aryl methyl sites for hydroxylation is 1. The molecule has 0 aliphatic carbocycles. The van der Waals surface area contributed by atoms with E-state index >= 15 is 0 Å². The summed E-state index contributed by atoms with van der Waals surface area (Å²) in [6.07, 6.45) is 3.68. The van der Waals surface area contributed by atoms with Crippen LogP contribution in [0.5, 0.6) is 0 Å². The van der Waals surface area contributed by atoms with E-state index in [1.165, 1.54) is 31.4 Å². The fourth-order valence-corrected chi connectivity index (χ4v) is 3.38. The highest BCUT2D eigenvalue weighted by molar-refractivity contribution is 7.80. The lowest BCUT2D eigenvalue weighted by Crippen LogP contribution is -2.47. The summed E-state index contributed by atoms with van der Waals surface area (Å²) in [4.78, 5) is 4.85. The molecule has 1 aliphatic heterocycles. The van der Waals surface area contributed by atoms with Crippen LogP contribution in [0.3, 0.4) is 0 Å². The van der Waals surface area contributed by atoms with Crippen LogP contribution in [0.2, 0.25) is 0 Å². The zero-order valence-corrected chi connectivity index (χ0v) is 15.8. The van der Waals surface area contributed by atoms with E-state index in [4.69, 9.17) is 12.2 Å². The number of piperidine rings is 1. The Labute approximate surface area is 147 Å². The van der Waals surface area contributed by atoms with Gasteiger partial charge in [-0.2, -0.15) is 0 Å². The van der Waals surface area contributed by atoms with Gasteiger partial charge in [-0.3, -0.25) is 0 Å². The van der Waals surface area contributed by atoms with Gasteiger partial charge in [-0.1, -0.05) is 26.0 Å². The van der Waals surface area contributed by atoms with Crippen LogP contribution in [0.4, 0.5) is 5.69 Å². The predicted molar refractivity (Wildman–Crippen MR) is 104 cm³/mol. The van der Waals surface area contributed by atoms with Crippen LogP contribution in [0.15, 0.2) is 24.3 Å². The molecule has 128 valence electrons. The monoisotopic (exact) mass is 333 g/mol. The van der Waals surface area contributed by atoms with Gasteiger partial charge in [0.05, 0.1) is 0 Å².